The van der Waals surface area contributed by atoms with Crippen LogP contribution in [0, 0.1) is 17.6 Å². The molecule has 0 saturated carbocycles. The van der Waals surface area contributed by atoms with E-state index in [4.69, 9.17) is 10.7 Å². The Balaban J connectivity index is 1.65. The molecule has 5 rings (SSSR count). The van der Waals surface area contributed by atoms with Crippen molar-refractivity contribution in [3.8, 4) is 11.1 Å². The highest BCUT2D eigenvalue weighted by Gasteiger charge is 2.35. The van der Waals surface area contributed by atoms with Crippen LogP contribution in [-0.2, 0) is 13.0 Å². The van der Waals surface area contributed by atoms with Gasteiger partial charge in [0, 0.05) is 17.1 Å². The summed E-state index contributed by atoms with van der Waals surface area (Å²) in [7, 11) is 0. The molecule has 3 N–H and O–H groups in total. The van der Waals surface area contributed by atoms with Crippen LogP contribution in [0.2, 0.25) is 0 Å². The third-order valence-corrected chi connectivity index (χ3v) is 6.30. The van der Waals surface area contributed by atoms with Gasteiger partial charge >= 0.3 is 0 Å². The number of aromatic nitrogens is 3. The third-order valence-electron chi connectivity index (χ3n) is 6.30. The number of rotatable bonds is 6. The molecule has 7 nitrogen and oxygen atoms in total. The lowest BCUT2D eigenvalue weighted by Gasteiger charge is -2.17. The number of hydrogen-bond acceptors (Lipinski definition) is 4. The highest BCUT2D eigenvalue weighted by molar-refractivity contribution is 6.12. The second-order valence-electron chi connectivity index (χ2n) is 9.57. The number of nitrogens with two attached hydrogens (primary N) is 1. The molecule has 1 unspecified atom stereocenters. The van der Waals surface area contributed by atoms with Gasteiger partial charge in [-0.3, -0.25) is 19.3 Å². The Morgan fingerprint density at radius 3 is 2.61 bits per heavy atom. The van der Waals surface area contributed by atoms with E-state index in [1.807, 2.05) is 26.8 Å². The van der Waals surface area contributed by atoms with Gasteiger partial charge in [0.25, 0.3) is 11.8 Å². The van der Waals surface area contributed by atoms with Gasteiger partial charge in [0.15, 0.2) is 11.6 Å². The van der Waals surface area contributed by atoms with Crippen LogP contribution >= 0.6 is 0 Å². The number of carbonyl (C=O) groups excluding carboxylic acids is 2. The average molecular weight is 490 g/mol. The predicted molar refractivity (Wildman–Crippen MR) is 131 cm³/mol. The van der Waals surface area contributed by atoms with Crippen LogP contribution in [0.3, 0.4) is 0 Å². The van der Waals surface area contributed by atoms with Gasteiger partial charge in [-0.15, -0.1) is 0 Å². The molecule has 1 aliphatic rings. The quantitative estimate of drug-likeness (QED) is 0.415. The lowest BCUT2D eigenvalue weighted by Crippen LogP contribution is -2.20. The van der Waals surface area contributed by atoms with E-state index in [0.717, 1.165) is 17.5 Å². The number of carbonyl (C=O) groups is 2. The van der Waals surface area contributed by atoms with Gasteiger partial charge in [-0.1, -0.05) is 26.0 Å². The molecule has 3 heterocycles. The molecule has 2 aromatic carbocycles. The molecule has 9 heteroatoms. The van der Waals surface area contributed by atoms with E-state index in [1.54, 1.807) is 23.0 Å². The van der Waals surface area contributed by atoms with Gasteiger partial charge in [0.05, 0.1) is 40.6 Å². The van der Waals surface area contributed by atoms with Gasteiger partial charge in [0.1, 0.15) is 0 Å². The summed E-state index contributed by atoms with van der Waals surface area (Å²) in [6, 6.07) is 8.89. The zero-order chi connectivity index (χ0) is 25.7. The number of nitrogens with one attached hydrogen (secondary N) is 1. The number of nitrogens with zero attached hydrogens (tertiary/aromatic N) is 3. The smallest absolute Gasteiger partial charge is 0.254 e. The zero-order valence-corrected chi connectivity index (χ0v) is 20.1. The Bertz CT molecular complexity index is 1540. The molecule has 4 aromatic rings. The van der Waals surface area contributed by atoms with Gasteiger partial charge in [-0.2, -0.15) is 5.10 Å². The van der Waals surface area contributed by atoms with Crippen molar-refractivity contribution in [2.24, 2.45) is 11.7 Å². The van der Waals surface area contributed by atoms with E-state index in [0.29, 0.717) is 45.6 Å². The zero-order valence-electron chi connectivity index (χ0n) is 20.1. The molecule has 1 aliphatic heterocycles. The standard InChI is InChI=1S/C27H25F2N5O2/c1-13(2)8-21-23(26(30)35)22(24-25(32-21)14(3)31-27(24)36)16-5-7-20-17(10-16)12-34(33-20)11-15-4-6-18(28)19(29)9-15/h4-7,9-10,12-14H,8,11H2,1-3H3,(H2,30,35)(H,31,36). The van der Waals surface area contributed by atoms with E-state index >= 15 is 0 Å². The third kappa shape index (κ3) is 4.10. The SMILES string of the molecule is CC(C)Cc1nc2c(c(-c3ccc4nn(Cc5ccc(F)c(F)c5)cc4c3)c1C(N)=O)C(=O)NC2C. The van der Waals surface area contributed by atoms with Crippen LogP contribution < -0.4 is 11.1 Å². The first-order valence-electron chi connectivity index (χ1n) is 11.7. The van der Waals surface area contributed by atoms with Crippen LogP contribution in [0.15, 0.2) is 42.6 Å². The molecule has 0 saturated heterocycles. The Kier molecular flexibility index (Phi) is 5.78. The van der Waals surface area contributed by atoms with Crippen molar-refractivity contribution in [3.05, 3.63) is 82.3 Å². The summed E-state index contributed by atoms with van der Waals surface area (Å²) in [4.78, 5) is 30.3. The van der Waals surface area contributed by atoms with Crippen molar-refractivity contribution >= 4 is 22.7 Å². The van der Waals surface area contributed by atoms with Crippen molar-refractivity contribution in [3.63, 3.8) is 0 Å². The summed E-state index contributed by atoms with van der Waals surface area (Å²) in [6.45, 7) is 6.16. The topological polar surface area (TPSA) is 103 Å². The van der Waals surface area contributed by atoms with Gasteiger partial charge < -0.3 is 11.1 Å². The number of fused-ring (bicyclic) bond motifs is 2. The average Bonchev–Trinajstić information content (AvgIpc) is 3.33. The van der Waals surface area contributed by atoms with Crippen molar-refractivity contribution in [2.45, 2.75) is 39.8 Å². The maximum absolute atomic E-state index is 13.6. The lowest BCUT2D eigenvalue weighted by atomic mass is 9.89. The molecule has 0 spiro atoms. The summed E-state index contributed by atoms with van der Waals surface area (Å²) in [5, 5.41) is 8.17. The minimum absolute atomic E-state index is 0.221. The fraction of sp³-hybridized carbons (Fsp3) is 0.259. The van der Waals surface area contributed by atoms with E-state index in [9.17, 15) is 18.4 Å². The first kappa shape index (κ1) is 23.6. The molecule has 1 atom stereocenters. The fourth-order valence-electron chi connectivity index (χ4n) is 4.76. The van der Waals surface area contributed by atoms with Crippen LogP contribution in [0.1, 0.15) is 64.5 Å². The molecule has 0 bridgehead atoms. The monoisotopic (exact) mass is 489 g/mol. The largest absolute Gasteiger partial charge is 0.366 e. The Hall–Kier alpha value is -4.14. The van der Waals surface area contributed by atoms with Gasteiger partial charge in [-0.25, -0.2) is 8.78 Å². The molecular weight excluding hydrogens is 464 g/mol. The number of hydrogen-bond donors (Lipinski definition) is 2. The van der Waals surface area contributed by atoms with Crippen molar-refractivity contribution in [2.75, 3.05) is 0 Å². The number of pyridine rings is 1. The summed E-state index contributed by atoms with van der Waals surface area (Å²) in [5.41, 5.74) is 9.99. The summed E-state index contributed by atoms with van der Waals surface area (Å²) in [5.74, 6) is -2.54. The number of benzene rings is 2. The van der Waals surface area contributed by atoms with E-state index in [-0.39, 0.29) is 30.0 Å². The molecule has 36 heavy (non-hydrogen) atoms. The maximum Gasteiger partial charge on any atom is 0.254 e. The van der Waals surface area contributed by atoms with Crippen LogP contribution in [-0.4, -0.2) is 26.6 Å². The Morgan fingerprint density at radius 2 is 1.92 bits per heavy atom. The number of halogens is 2. The predicted octanol–water partition coefficient (Wildman–Crippen LogP) is 4.53. The van der Waals surface area contributed by atoms with Crippen LogP contribution in [0.4, 0.5) is 8.78 Å². The van der Waals surface area contributed by atoms with Crippen LogP contribution in [0.25, 0.3) is 22.0 Å². The normalized spacial score (nSPS) is 14.9. The first-order chi connectivity index (χ1) is 17.1. The lowest BCUT2D eigenvalue weighted by molar-refractivity contribution is 0.0959. The van der Waals surface area contributed by atoms with Gasteiger partial charge in [0.2, 0.25) is 0 Å². The van der Waals surface area contributed by atoms with E-state index in [2.05, 4.69) is 10.4 Å². The van der Waals surface area contributed by atoms with E-state index < -0.39 is 17.5 Å². The molecule has 2 amide bonds. The molecule has 184 valence electrons. The second-order valence-corrected chi connectivity index (χ2v) is 9.57. The van der Waals surface area contributed by atoms with E-state index in [1.165, 1.54) is 6.07 Å². The van der Waals surface area contributed by atoms with Crippen molar-refractivity contribution in [1.29, 1.82) is 0 Å². The highest BCUT2D eigenvalue weighted by atomic mass is 19.2. The summed E-state index contributed by atoms with van der Waals surface area (Å²) in [6.07, 6.45) is 2.32. The number of primary amides is 1. The Labute approximate surface area is 206 Å². The maximum atomic E-state index is 13.6. The minimum Gasteiger partial charge on any atom is -0.366 e. The van der Waals surface area contributed by atoms with Crippen LogP contribution in [0.5, 0.6) is 0 Å². The molecular formula is C27H25F2N5O2. The fourth-order valence-corrected chi connectivity index (χ4v) is 4.76. The van der Waals surface area contributed by atoms with Crippen molar-refractivity contribution in [1.82, 2.24) is 20.1 Å². The second kappa shape index (κ2) is 8.82. The molecule has 2 aromatic heterocycles. The first-order valence-corrected chi connectivity index (χ1v) is 11.7. The molecule has 0 aliphatic carbocycles. The molecule has 0 fully saturated rings. The molecule has 0 radical (unpaired) electrons. The van der Waals surface area contributed by atoms with Crippen molar-refractivity contribution < 1.29 is 18.4 Å². The summed E-state index contributed by atoms with van der Waals surface area (Å²) >= 11 is 0. The van der Waals surface area contributed by atoms with Gasteiger partial charge in [-0.05, 0) is 54.7 Å². The highest BCUT2D eigenvalue weighted by Crippen LogP contribution is 2.38. The minimum atomic E-state index is -0.915. The summed E-state index contributed by atoms with van der Waals surface area (Å²) < 4.78 is 28.5. The number of amides is 2. The Morgan fingerprint density at radius 1 is 1.14 bits per heavy atom.